The largest absolute Gasteiger partial charge is 0.481 e. The number of rotatable bonds is 13. The molecule has 0 aromatic carbocycles. The highest BCUT2D eigenvalue weighted by atomic mass is 16.7. The fraction of sp³-hybridized carbons (Fsp3) is 0.929. The van der Waals surface area contributed by atoms with Crippen LogP contribution in [-0.4, -0.2) is 153 Å². The zero-order valence-electron chi connectivity index (χ0n) is 37.3. The van der Waals surface area contributed by atoms with Gasteiger partial charge in [0.25, 0.3) is 0 Å². The number of aliphatic hydroxyl groups is 5. The van der Waals surface area contributed by atoms with E-state index in [0.717, 1.165) is 0 Å². The van der Waals surface area contributed by atoms with Crippen molar-refractivity contribution in [3.05, 3.63) is 0 Å². The predicted octanol–water partition coefficient (Wildman–Crippen LogP) is 1.86. The lowest BCUT2D eigenvalue weighted by Gasteiger charge is -2.49. The number of esters is 1. The third kappa shape index (κ3) is 12.8. The molecular formula is C42H76N2O15. The Morgan fingerprint density at radius 3 is 2.10 bits per heavy atom. The average molecular weight is 849 g/mol. The van der Waals surface area contributed by atoms with E-state index in [-0.39, 0.29) is 57.2 Å². The maximum atomic E-state index is 14.3. The molecule has 0 spiro atoms. The van der Waals surface area contributed by atoms with Gasteiger partial charge in [0.05, 0.1) is 54.1 Å². The number of amides is 1. The molecule has 0 aliphatic carbocycles. The highest BCUT2D eigenvalue weighted by Gasteiger charge is 2.53. The van der Waals surface area contributed by atoms with Crippen molar-refractivity contribution in [3.63, 3.8) is 0 Å². The topological polar surface area (TPSA) is 252 Å². The lowest BCUT2D eigenvalue weighted by Crippen LogP contribution is -2.61. The molecule has 3 rings (SSSR count). The lowest BCUT2D eigenvalue weighted by molar-refractivity contribution is -0.318. The number of ether oxygens (including phenoxy) is 6. The first-order valence-corrected chi connectivity index (χ1v) is 21.4. The van der Waals surface area contributed by atoms with E-state index in [1.165, 1.54) is 14.0 Å². The van der Waals surface area contributed by atoms with Gasteiger partial charge in [0.15, 0.2) is 12.6 Å². The second-order valence-corrected chi connectivity index (χ2v) is 18.4. The Labute approximate surface area is 350 Å². The minimum atomic E-state index is -1.95. The fourth-order valence-corrected chi connectivity index (χ4v) is 9.50. The summed E-state index contributed by atoms with van der Waals surface area (Å²) in [5.74, 6) is -5.56. The first-order valence-electron chi connectivity index (χ1n) is 21.4. The Kier molecular flexibility index (Phi) is 18.6. The monoisotopic (exact) mass is 849 g/mol. The van der Waals surface area contributed by atoms with Gasteiger partial charge in [-0.1, -0.05) is 34.6 Å². The summed E-state index contributed by atoms with van der Waals surface area (Å²) >= 11 is 0. The van der Waals surface area contributed by atoms with E-state index in [1.54, 1.807) is 48.5 Å². The molecule has 3 fully saturated rings. The zero-order chi connectivity index (χ0) is 44.8. The van der Waals surface area contributed by atoms with Crippen molar-refractivity contribution in [1.82, 2.24) is 10.6 Å². The van der Waals surface area contributed by atoms with Gasteiger partial charge in [-0.15, -0.1) is 0 Å². The van der Waals surface area contributed by atoms with Crippen LogP contribution >= 0.6 is 0 Å². The minimum absolute atomic E-state index is 0.0332. The molecule has 3 heterocycles. The number of cyclic esters (lactones) is 1. The van der Waals surface area contributed by atoms with E-state index in [4.69, 9.17) is 33.5 Å². The maximum Gasteiger partial charge on any atom is 0.311 e. The van der Waals surface area contributed by atoms with Crippen molar-refractivity contribution < 1.29 is 73.4 Å². The molecule has 0 bridgehead atoms. The van der Waals surface area contributed by atoms with Crippen LogP contribution in [0.1, 0.15) is 115 Å². The Morgan fingerprint density at radius 1 is 0.864 bits per heavy atom. The number of carbonyl (C=O) groups is 3. The molecule has 17 nitrogen and oxygen atoms in total. The van der Waals surface area contributed by atoms with Gasteiger partial charge in [0, 0.05) is 50.9 Å². The van der Waals surface area contributed by atoms with Gasteiger partial charge in [0.1, 0.15) is 23.9 Å². The summed E-state index contributed by atoms with van der Waals surface area (Å²) in [5.41, 5.74) is -4.75. The van der Waals surface area contributed by atoms with Crippen LogP contribution in [0, 0.1) is 29.6 Å². The molecular weight excluding hydrogens is 772 g/mol. The fourth-order valence-electron chi connectivity index (χ4n) is 9.50. The highest BCUT2D eigenvalue weighted by molar-refractivity contribution is 5.80. The van der Waals surface area contributed by atoms with Crippen LogP contribution in [0.2, 0.25) is 0 Å². The first-order chi connectivity index (χ1) is 27.3. The van der Waals surface area contributed by atoms with Crippen molar-refractivity contribution in [2.24, 2.45) is 29.6 Å². The quantitative estimate of drug-likeness (QED) is 0.0973. The predicted molar refractivity (Wildman–Crippen MR) is 215 cm³/mol. The molecule has 0 aromatic heterocycles. The molecule has 0 saturated carbocycles. The van der Waals surface area contributed by atoms with Crippen LogP contribution in [0.5, 0.6) is 0 Å². The van der Waals surface area contributed by atoms with E-state index in [0.29, 0.717) is 6.42 Å². The number of nitrogens with one attached hydrogen (secondary N) is 2. The molecule has 8 N–H and O–H groups in total. The first kappa shape index (κ1) is 51.3. The number of carboxylic acids is 1. The molecule has 344 valence electrons. The zero-order valence-corrected chi connectivity index (χ0v) is 37.3. The van der Waals surface area contributed by atoms with E-state index >= 15 is 0 Å². The Balaban J connectivity index is 2.14. The van der Waals surface area contributed by atoms with Gasteiger partial charge in [-0.2, -0.15) is 0 Å². The number of hydrogen-bond acceptors (Lipinski definition) is 15. The van der Waals surface area contributed by atoms with Gasteiger partial charge in [-0.3, -0.25) is 14.4 Å². The molecule has 17 heteroatoms. The molecule has 19 atom stereocenters. The minimum Gasteiger partial charge on any atom is -0.481 e. The number of carboxylic acid groups (broad SMARTS) is 1. The van der Waals surface area contributed by atoms with Crippen molar-refractivity contribution >= 4 is 17.8 Å². The molecule has 59 heavy (non-hydrogen) atoms. The van der Waals surface area contributed by atoms with Crippen LogP contribution in [-0.2, 0) is 42.8 Å². The highest BCUT2D eigenvalue weighted by Crippen LogP contribution is 2.41. The normalized spacial score (nSPS) is 45.5. The van der Waals surface area contributed by atoms with Gasteiger partial charge in [-0.25, -0.2) is 0 Å². The number of aliphatic carboxylic acids is 1. The lowest BCUT2D eigenvalue weighted by atomic mass is 9.72. The molecule has 3 saturated heterocycles. The third-order valence-electron chi connectivity index (χ3n) is 13.2. The van der Waals surface area contributed by atoms with Crippen LogP contribution in [0.4, 0.5) is 0 Å². The molecule has 0 aromatic rings. The Bertz CT molecular complexity index is 1370. The second-order valence-electron chi connectivity index (χ2n) is 18.4. The van der Waals surface area contributed by atoms with Gasteiger partial charge >= 0.3 is 11.9 Å². The Hall–Kier alpha value is -2.03. The third-order valence-corrected chi connectivity index (χ3v) is 13.2. The van der Waals surface area contributed by atoms with Crippen LogP contribution in [0.15, 0.2) is 0 Å². The SMILES string of the molecule is CC[C@H]1OC(=O)[C@H](C)[C@@H](OC2CC(C)(OC)C(O)C(C)O2)[C@H](C)[C@@H](OC2OC(C)CC(C)C2O)[C@](C)(O)C[C@@H](C)[C@H](NCCNC(=O)CCC(=O)O)[C@H](C)[C@@H](O)[C@]1(C)O. The van der Waals surface area contributed by atoms with Crippen LogP contribution in [0.3, 0.4) is 0 Å². The van der Waals surface area contributed by atoms with E-state index in [1.807, 2.05) is 20.8 Å². The van der Waals surface area contributed by atoms with Crippen molar-refractivity contribution in [1.29, 1.82) is 0 Å². The number of carbonyl (C=O) groups excluding carboxylic acids is 2. The second kappa shape index (κ2) is 21.4. The average Bonchev–Trinajstić information content (AvgIpc) is 3.15. The summed E-state index contributed by atoms with van der Waals surface area (Å²) in [4.78, 5) is 37.5. The number of methoxy groups -OCH3 is 1. The van der Waals surface area contributed by atoms with E-state index in [2.05, 4.69) is 10.6 Å². The smallest absolute Gasteiger partial charge is 0.311 e. The summed E-state index contributed by atoms with van der Waals surface area (Å²) in [6.07, 6.45) is -9.70. The van der Waals surface area contributed by atoms with Crippen molar-refractivity contribution in [3.8, 4) is 0 Å². The van der Waals surface area contributed by atoms with E-state index < -0.39 is 120 Å². The summed E-state index contributed by atoms with van der Waals surface area (Å²) in [6.45, 7) is 19.2. The number of aliphatic hydroxyl groups excluding tert-OH is 3. The van der Waals surface area contributed by atoms with Crippen LogP contribution in [0.25, 0.3) is 0 Å². The van der Waals surface area contributed by atoms with E-state index in [9.17, 15) is 39.9 Å². The Morgan fingerprint density at radius 2 is 1.51 bits per heavy atom. The summed E-state index contributed by atoms with van der Waals surface area (Å²) in [5, 5.41) is 74.0. The maximum absolute atomic E-state index is 14.3. The molecule has 3 aliphatic heterocycles. The molecule has 8 unspecified atom stereocenters. The summed E-state index contributed by atoms with van der Waals surface area (Å²) in [6, 6.07) is -0.621. The summed E-state index contributed by atoms with van der Waals surface area (Å²) in [7, 11) is 1.48. The molecule has 3 aliphatic rings. The molecule has 1 amide bonds. The van der Waals surface area contributed by atoms with Crippen LogP contribution < -0.4 is 10.6 Å². The van der Waals surface area contributed by atoms with Crippen molar-refractivity contribution in [2.45, 2.75) is 199 Å². The number of hydrogen-bond donors (Lipinski definition) is 8. The van der Waals surface area contributed by atoms with Gasteiger partial charge in [0.2, 0.25) is 5.91 Å². The molecule has 0 radical (unpaired) electrons. The van der Waals surface area contributed by atoms with Crippen molar-refractivity contribution in [2.75, 3.05) is 20.2 Å². The van der Waals surface area contributed by atoms with Gasteiger partial charge < -0.3 is 69.7 Å². The van der Waals surface area contributed by atoms with Gasteiger partial charge in [-0.05, 0) is 72.6 Å². The standard InChI is InChI=1S/C42H76N2O15/c1-13-28-42(11,53)35(49)24(5)32(44-17-16-43-29(45)14-15-30(46)47)22(3)19-40(9,52)37(59-39-33(48)21(2)18-23(4)55-39)25(6)34(26(7)38(51)57-28)58-31-20-41(10,54-12)36(50)27(8)56-31/h21-28,31-37,39,44,48-50,52-53H,13-20H2,1-12H3,(H,43,45)(H,46,47)/t21?,22-,23?,24+,25+,26-,27?,28-,31?,32+,33?,34+,35-,36?,37-,39?,40-,41?,42-/m1/s1. The summed E-state index contributed by atoms with van der Waals surface area (Å²) < 4.78 is 37.5.